The number of amides is 2. The molecule has 0 atom stereocenters. The first kappa shape index (κ1) is 28.0. The molecular formula is C24H42N4O6. The van der Waals surface area contributed by atoms with E-state index in [2.05, 4.69) is 21.3 Å². The Labute approximate surface area is 202 Å². The lowest BCUT2D eigenvalue weighted by molar-refractivity contribution is -0.160. The van der Waals surface area contributed by atoms with E-state index in [1.54, 1.807) is 0 Å². The summed E-state index contributed by atoms with van der Waals surface area (Å²) in [4.78, 5) is 52.2. The third-order valence-electron chi connectivity index (χ3n) is 6.39. The largest absolute Gasteiger partial charge is 0.467 e. The number of carbonyl (C=O) groups excluding carboxylic acids is 4. The summed E-state index contributed by atoms with van der Waals surface area (Å²) in [5.74, 6) is -3.25. The average Bonchev–Trinajstić information content (AvgIpc) is 2.61. The molecule has 0 aliphatic carbocycles. The zero-order valence-electron chi connectivity index (χ0n) is 22.3. The van der Waals surface area contributed by atoms with E-state index in [0.29, 0.717) is 0 Å². The zero-order chi connectivity index (χ0) is 26.4. The lowest BCUT2D eigenvalue weighted by atomic mass is 9.70. The van der Waals surface area contributed by atoms with E-state index in [4.69, 9.17) is 9.47 Å². The van der Waals surface area contributed by atoms with Gasteiger partial charge in [-0.05, 0) is 81.1 Å². The number of hydrogen-bond acceptors (Lipinski definition) is 8. The van der Waals surface area contributed by atoms with Crippen LogP contribution in [-0.2, 0) is 28.7 Å². The molecule has 0 spiro atoms. The van der Waals surface area contributed by atoms with Gasteiger partial charge >= 0.3 is 23.8 Å². The number of methoxy groups -OCH3 is 2. The second-order valence-corrected chi connectivity index (χ2v) is 12.5. The summed E-state index contributed by atoms with van der Waals surface area (Å²) in [5, 5.41) is 12.2. The first-order chi connectivity index (χ1) is 15.2. The van der Waals surface area contributed by atoms with Crippen LogP contribution in [0.15, 0.2) is 0 Å². The minimum atomic E-state index is -1.41. The molecule has 2 aliphatic rings. The van der Waals surface area contributed by atoms with Gasteiger partial charge in [-0.2, -0.15) is 0 Å². The molecule has 0 unspecified atom stereocenters. The fraction of sp³-hybridized carbons (Fsp3) is 0.833. The lowest BCUT2D eigenvalue weighted by Crippen LogP contribution is -2.73. The van der Waals surface area contributed by atoms with Crippen molar-refractivity contribution in [3.05, 3.63) is 0 Å². The van der Waals surface area contributed by atoms with Crippen LogP contribution in [-0.4, -0.2) is 71.2 Å². The molecule has 194 valence electrons. The molecule has 2 rings (SSSR count). The maximum Gasteiger partial charge on any atom is 0.331 e. The third-order valence-corrected chi connectivity index (χ3v) is 6.39. The second kappa shape index (κ2) is 8.78. The van der Waals surface area contributed by atoms with Crippen molar-refractivity contribution >= 4 is 23.8 Å². The Morgan fingerprint density at radius 3 is 1.00 bits per heavy atom. The normalized spacial score (nSPS) is 25.4. The minimum Gasteiger partial charge on any atom is -0.467 e. The Hall–Kier alpha value is -2.20. The summed E-state index contributed by atoms with van der Waals surface area (Å²) in [5.41, 5.74) is -4.89. The fourth-order valence-electron chi connectivity index (χ4n) is 6.66. The van der Waals surface area contributed by atoms with E-state index < -0.39 is 57.0 Å². The van der Waals surface area contributed by atoms with E-state index in [1.807, 2.05) is 55.4 Å². The van der Waals surface area contributed by atoms with Crippen LogP contribution in [0, 0.1) is 0 Å². The molecule has 0 aromatic rings. The molecule has 2 fully saturated rings. The first-order valence-corrected chi connectivity index (χ1v) is 11.6. The molecule has 0 radical (unpaired) electrons. The van der Waals surface area contributed by atoms with Crippen LogP contribution in [0.1, 0.15) is 81.1 Å². The predicted molar refractivity (Wildman–Crippen MR) is 127 cm³/mol. The molecule has 4 N–H and O–H groups in total. The van der Waals surface area contributed by atoms with Crippen molar-refractivity contribution in [1.82, 2.24) is 21.3 Å². The molecule has 0 aromatic carbocycles. The maximum atomic E-state index is 13.2. The quantitative estimate of drug-likeness (QED) is 0.343. The van der Waals surface area contributed by atoms with E-state index >= 15 is 0 Å². The number of rotatable bonds is 4. The van der Waals surface area contributed by atoms with Gasteiger partial charge < -0.3 is 30.7 Å². The Morgan fingerprint density at radius 2 is 0.794 bits per heavy atom. The van der Waals surface area contributed by atoms with Gasteiger partial charge in [0.05, 0.1) is 14.2 Å². The van der Waals surface area contributed by atoms with Gasteiger partial charge in [0.25, 0.3) is 0 Å². The van der Waals surface area contributed by atoms with Crippen LogP contribution < -0.4 is 21.3 Å². The van der Waals surface area contributed by atoms with Gasteiger partial charge in [0.1, 0.15) is 11.1 Å². The average molecular weight is 483 g/mol. The third kappa shape index (κ3) is 6.07. The van der Waals surface area contributed by atoms with Gasteiger partial charge in [-0.25, -0.2) is 9.59 Å². The van der Waals surface area contributed by atoms with Crippen LogP contribution in [0.2, 0.25) is 0 Å². The zero-order valence-corrected chi connectivity index (χ0v) is 22.3. The Kier molecular flexibility index (Phi) is 7.24. The van der Waals surface area contributed by atoms with Gasteiger partial charge in [-0.3, -0.25) is 9.59 Å². The maximum absolute atomic E-state index is 13.2. The standard InChI is InChI=1S/C24H42N4O6/c1-19(2)11-23(17(31)33-9,12-20(3,4)27-19)25-15(29)16(30)26-24(18(32)34-10)13-21(5,6)28-22(7,8)14-24/h27-28H,11-14H2,1-10H3,(H,25,29)(H,26,30). The van der Waals surface area contributed by atoms with E-state index in [1.165, 1.54) is 14.2 Å². The number of ether oxygens (including phenoxy) is 2. The Morgan fingerprint density at radius 1 is 0.559 bits per heavy atom. The van der Waals surface area contributed by atoms with Crippen molar-refractivity contribution in [3.8, 4) is 0 Å². The summed E-state index contributed by atoms with van der Waals surface area (Å²) >= 11 is 0. The van der Waals surface area contributed by atoms with E-state index in [-0.39, 0.29) is 25.7 Å². The number of esters is 2. The van der Waals surface area contributed by atoms with Crippen LogP contribution >= 0.6 is 0 Å². The summed E-state index contributed by atoms with van der Waals surface area (Å²) in [7, 11) is 2.51. The SMILES string of the molecule is COC(=O)C1(NC(=O)C(=O)NC2(C(=O)OC)CC(C)(C)NC(C)(C)C2)CC(C)(C)NC(C)(C)C1. The monoisotopic (exact) mass is 482 g/mol. The van der Waals surface area contributed by atoms with Crippen molar-refractivity contribution < 1.29 is 28.7 Å². The van der Waals surface area contributed by atoms with E-state index in [0.717, 1.165) is 0 Å². The first-order valence-electron chi connectivity index (χ1n) is 11.6. The Bertz CT molecular complexity index is 760. The van der Waals surface area contributed by atoms with Gasteiger partial charge in [-0.1, -0.05) is 0 Å². The van der Waals surface area contributed by atoms with Gasteiger partial charge in [0.15, 0.2) is 0 Å². The van der Waals surface area contributed by atoms with Crippen LogP contribution in [0.3, 0.4) is 0 Å². The molecule has 10 nitrogen and oxygen atoms in total. The minimum absolute atomic E-state index is 0.223. The molecule has 2 saturated heterocycles. The van der Waals surface area contributed by atoms with Crippen LogP contribution in [0.4, 0.5) is 0 Å². The van der Waals surface area contributed by atoms with Crippen LogP contribution in [0.5, 0.6) is 0 Å². The summed E-state index contributed by atoms with van der Waals surface area (Å²) < 4.78 is 10.1. The molecule has 34 heavy (non-hydrogen) atoms. The van der Waals surface area contributed by atoms with E-state index in [9.17, 15) is 19.2 Å². The summed E-state index contributed by atoms with van der Waals surface area (Å²) in [6.07, 6.45) is 0.894. The van der Waals surface area contributed by atoms with Gasteiger partial charge in [0.2, 0.25) is 0 Å². The topological polar surface area (TPSA) is 135 Å². The van der Waals surface area contributed by atoms with Crippen molar-refractivity contribution in [2.24, 2.45) is 0 Å². The smallest absolute Gasteiger partial charge is 0.331 e. The van der Waals surface area contributed by atoms with Crippen molar-refractivity contribution in [2.75, 3.05) is 14.2 Å². The molecule has 2 aliphatic heterocycles. The van der Waals surface area contributed by atoms with Gasteiger partial charge in [0, 0.05) is 22.2 Å². The molecule has 10 heteroatoms. The molecule has 2 heterocycles. The second-order valence-electron chi connectivity index (χ2n) is 12.5. The molecule has 0 bridgehead atoms. The Balaban J connectivity index is 2.37. The fourth-order valence-corrected chi connectivity index (χ4v) is 6.66. The van der Waals surface area contributed by atoms with Gasteiger partial charge in [-0.15, -0.1) is 0 Å². The number of hydrogen-bond donors (Lipinski definition) is 4. The van der Waals surface area contributed by atoms with Crippen molar-refractivity contribution in [1.29, 1.82) is 0 Å². The highest BCUT2D eigenvalue weighted by Crippen LogP contribution is 2.38. The highest BCUT2D eigenvalue weighted by atomic mass is 16.5. The predicted octanol–water partition coefficient (Wildman–Crippen LogP) is 0.924. The molecule has 0 saturated carbocycles. The molecule has 0 aromatic heterocycles. The van der Waals surface area contributed by atoms with Crippen molar-refractivity contribution in [3.63, 3.8) is 0 Å². The summed E-state index contributed by atoms with van der Waals surface area (Å²) in [6, 6.07) is 0. The lowest BCUT2D eigenvalue weighted by Gasteiger charge is -2.52. The van der Waals surface area contributed by atoms with Crippen molar-refractivity contribution in [2.45, 2.75) is 114 Å². The molecule has 2 amide bonds. The highest BCUT2D eigenvalue weighted by molar-refractivity contribution is 6.36. The van der Waals surface area contributed by atoms with Crippen LogP contribution in [0.25, 0.3) is 0 Å². The number of piperidine rings is 2. The summed E-state index contributed by atoms with van der Waals surface area (Å²) in [6.45, 7) is 15.4. The highest BCUT2D eigenvalue weighted by Gasteiger charge is 2.56. The number of carbonyl (C=O) groups is 4. The number of nitrogens with one attached hydrogen (secondary N) is 4. The molecular weight excluding hydrogens is 440 g/mol.